The first-order valence-electron chi connectivity index (χ1n) is 12.5. The first-order valence-corrected chi connectivity index (χ1v) is 12.5. The van der Waals surface area contributed by atoms with Gasteiger partial charge in [-0.15, -0.1) is 0 Å². The molecular weight excluding hydrogens is 470 g/mol. The molecule has 0 unspecified atom stereocenters. The number of aromatic nitrogens is 2. The summed E-state index contributed by atoms with van der Waals surface area (Å²) in [5.41, 5.74) is 6.06. The second-order valence-corrected chi connectivity index (χ2v) is 9.86. The zero-order valence-corrected chi connectivity index (χ0v) is 22.5. The van der Waals surface area contributed by atoms with Gasteiger partial charge in [0.2, 0.25) is 0 Å². The van der Waals surface area contributed by atoms with Crippen LogP contribution in [0.3, 0.4) is 0 Å². The highest BCUT2D eigenvalue weighted by Crippen LogP contribution is 2.36. The van der Waals surface area contributed by atoms with E-state index in [1.165, 1.54) is 0 Å². The molecule has 198 valence electrons. The van der Waals surface area contributed by atoms with E-state index >= 15 is 0 Å². The third-order valence-electron chi connectivity index (χ3n) is 6.84. The summed E-state index contributed by atoms with van der Waals surface area (Å²) in [6.07, 6.45) is -0.418. The molecule has 1 fully saturated rings. The molecule has 1 aliphatic rings. The third kappa shape index (κ3) is 6.12. The molecular formula is C28H37N5O4. The van der Waals surface area contributed by atoms with E-state index in [1.54, 1.807) is 18.7 Å². The van der Waals surface area contributed by atoms with Crippen molar-refractivity contribution in [1.29, 1.82) is 0 Å². The van der Waals surface area contributed by atoms with Crippen molar-refractivity contribution < 1.29 is 19.5 Å². The van der Waals surface area contributed by atoms with Gasteiger partial charge in [0.15, 0.2) is 0 Å². The van der Waals surface area contributed by atoms with E-state index in [1.807, 2.05) is 74.4 Å². The molecule has 1 aliphatic heterocycles. The Labute approximate surface area is 218 Å². The summed E-state index contributed by atoms with van der Waals surface area (Å²) in [6.45, 7) is 5.81. The molecule has 1 aromatic heterocycles. The van der Waals surface area contributed by atoms with Crippen LogP contribution in [0.15, 0.2) is 42.5 Å². The maximum atomic E-state index is 13.2. The predicted molar refractivity (Wildman–Crippen MR) is 143 cm³/mol. The highest BCUT2D eigenvalue weighted by atomic mass is 16.7. The van der Waals surface area contributed by atoms with Crippen LogP contribution in [0.5, 0.6) is 5.75 Å². The molecule has 2 N–H and O–H groups in total. The molecule has 0 aliphatic carbocycles. The molecule has 0 bridgehead atoms. The number of anilines is 1. The fraction of sp³-hybridized carbons (Fsp3) is 0.429. The number of aliphatic hydroxyl groups is 1. The number of carbonyl (C=O) groups excluding carboxylic acids is 1. The SMILES string of the molecule is COc1c(CN2C[C@@H]([C@H](C)O)CO2)cccc1-c1cc(C(=O)NCc2cc(C)n(C)n2)cc(N(C)C)c1. The summed E-state index contributed by atoms with van der Waals surface area (Å²) in [5.74, 6) is 0.651. The zero-order valence-electron chi connectivity index (χ0n) is 22.5. The van der Waals surface area contributed by atoms with Gasteiger partial charge in [-0.2, -0.15) is 10.2 Å². The first-order chi connectivity index (χ1) is 17.7. The zero-order chi connectivity index (χ0) is 26.7. The van der Waals surface area contributed by atoms with Crippen LogP contribution in [-0.4, -0.2) is 66.3 Å². The number of carbonyl (C=O) groups is 1. The number of hydrogen-bond donors (Lipinski definition) is 2. The average molecular weight is 508 g/mol. The lowest BCUT2D eigenvalue weighted by atomic mass is 9.98. The average Bonchev–Trinajstić information content (AvgIpc) is 3.48. The molecule has 0 saturated carbocycles. The summed E-state index contributed by atoms with van der Waals surface area (Å²) in [7, 11) is 7.45. The van der Waals surface area contributed by atoms with Gasteiger partial charge in [-0.3, -0.25) is 14.3 Å². The quantitative estimate of drug-likeness (QED) is 0.460. The molecule has 1 saturated heterocycles. The van der Waals surface area contributed by atoms with E-state index in [0.29, 0.717) is 31.8 Å². The molecule has 0 spiro atoms. The molecule has 1 amide bonds. The molecule has 9 nitrogen and oxygen atoms in total. The van der Waals surface area contributed by atoms with Crippen LogP contribution in [0.2, 0.25) is 0 Å². The number of hydroxylamine groups is 2. The van der Waals surface area contributed by atoms with E-state index in [9.17, 15) is 9.90 Å². The predicted octanol–water partition coefficient (Wildman–Crippen LogP) is 3.14. The largest absolute Gasteiger partial charge is 0.496 e. The lowest BCUT2D eigenvalue weighted by Crippen LogP contribution is -2.24. The van der Waals surface area contributed by atoms with Gasteiger partial charge in [0, 0.05) is 61.7 Å². The minimum Gasteiger partial charge on any atom is -0.496 e. The van der Waals surface area contributed by atoms with Gasteiger partial charge in [0.1, 0.15) is 5.75 Å². The number of para-hydroxylation sites is 1. The van der Waals surface area contributed by atoms with E-state index < -0.39 is 6.10 Å². The number of aryl methyl sites for hydroxylation is 2. The molecule has 2 aromatic carbocycles. The molecule has 37 heavy (non-hydrogen) atoms. The fourth-order valence-electron chi connectivity index (χ4n) is 4.49. The highest BCUT2D eigenvalue weighted by Gasteiger charge is 2.28. The van der Waals surface area contributed by atoms with Crippen molar-refractivity contribution in [3.63, 3.8) is 0 Å². The van der Waals surface area contributed by atoms with Crippen LogP contribution < -0.4 is 15.0 Å². The second-order valence-electron chi connectivity index (χ2n) is 9.86. The molecule has 0 radical (unpaired) electrons. The third-order valence-corrected chi connectivity index (χ3v) is 6.84. The fourth-order valence-corrected chi connectivity index (χ4v) is 4.49. The van der Waals surface area contributed by atoms with Gasteiger partial charge < -0.3 is 20.1 Å². The normalized spacial score (nSPS) is 16.6. The molecule has 9 heteroatoms. The van der Waals surface area contributed by atoms with Gasteiger partial charge in [-0.25, -0.2) is 0 Å². The van der Waals surface area contributed by atoms with Crippen LogP contribution in [-0.2, 0) is 25.0 Å². The van der Waals surface area contributed by atoms with Gasteiger partial charge in [0.25, 0.3) is 5.91 Å². The van der Waals surface area contributed by atoms with Crippen LogP contribution in [0, 0.1) is 12.8 Å². The van der Waals surface area contributed by atoms with Gasteiger partial charge in [0.05, 0.1) is 38.6 Å². The standard InChI is InChI=1S/C28H37N5O4/c1-18-10-24(30-32(18)5)14-29-28(35)22-11-21(12-25(13-22)31(3)4)26-9-7-8-20(27(26)36-6)15-33-16-23(17-37-33)19(2)34/h7-13,19,23,34H,14-17H2,1-6H3,(H,29,35)/t19-,23+/m0/s1. The summed E-state index contributed by atoms with van der Waals surface area (Å²) < 4.78 is 7.67. The number of aliphatic hydroxyl groups excluding tert-OH is 1. The smallest absolute Gasteiger partial charge is 0.251 e. The van der Waals surface area contributed by atoms with Crippen molar-refractivity contribution in [3.8, 4) is 16.9 Å². The Morgan fingerprint density at radius 3 is 2.70 bits per heavy atom. The van der Waals surface area contributed by atoms with Crippen LogP contribution >= 0.6 is 0 Å². The number of benzene rings is 2. The number of nitrogens with one attached hydrogen (secondary N) is 1. The van der Waals surface area contributed by atoms with Crippen LogP contribution in [0.4, 0.5) is 5.69 Å². The Morgan fingerprint density at radius 2 is 2.08 bits per heavy atom. The van der Waals surface area contributed by atoms with Crippen LogP contribution in [0.25, 0.3) is 11.1 Å². The number of methoxy groups -OCH3 is 1. The summed E-state index contributed by atoms with van der Waals surface area (Å²) in [4.78, 5) is 20.9. The van der Waals surface area contributed by atoms with Crippen molar-refractivity contribution >= 4 is 11.6 Å². The Balaban J connectivity index is 1.61. The Kier molecular flexibility index (Phi) is 8.16. The van der Waals surface area contributed by atoms with Gasteiger partial charge in [-0.05, 0) is 43.7 Å². The monoisotopic (exact) mass is 507 g/mol. The summed E-state index contributed by atoms with van der Waals surface area (Å²) in [5, 5.41) is 19.2. The Hall–Kier alpha value is -3.40. The van der Waals surface area contributed by atoms with Crippen molar-refractivity contribution in [2.45, 2.75) is 33.0 Å². The number of amides is 1. The lowest BCUT2D eigenvalue weighted by Gasteiger charge is -2.20. The summed E-state index contributed by atoms with van der Waals surface area (Å²) >= 11 is 0. The topological polar surface area (TPSA) is 92.1 Å². The number of hydrogen-bond acceptors (Lipinski definition) is 7. The first kappa shape index (κ1) is 26.7. The maximum absolute atomic E-state index is 13.2. The van der Waals surface area contributed by atoms with Crippen molar-refractivity contribution in [1.82, 2.24) is 20.2 Å². The van der Waals surface area contributed by atoms with Gasteiger partial charge in [-0.1, -0.05) is 18.2 Å². The minimum absolute atomic E-state index is 0.0852. The number of rotatable bonds is 9. The number of nitrogens with zero attached hydrogens (tertiary/aromatic N) is 4. The van der Waals surface area contributed by atoms with E-state index in [2.05, 4.69) is 16.5 Å². The van der Waals surface area contributed by atoms with Crippen molar-refractivity contribution in [3.05, 3.63) is 65.0 Å². The lowest BCUT2D eigenvalue weighted by molar-refractivity contribution is -0.118. The highest BCUT2D eigenvalue weighted by molar-refractivity contribution is 5.97. The van der Waals surface area contributed by atoms with Crippen molar-refractivity contribution in [2.75, 3.05) is 39.3 Å². The van der Waals surface area contributed by atoms with E-state index in [0.717, 1.165) is 39.5 Å². The number of ether oxygens (including phenoxy) is 1. The van der Waals surface area contributed by atoms with Crippen molar-refractivity contribution in [2.24, 2.45) is 13.0 Å². The summed E-state index contributed by atoms with van der Waals surface area (Å²) in [6, 6.07) is 13.8. The Morgan fingerprint density at radius 1 is 1.30 bits per heavy atom. The molecule has 3 aromatic rings. The van der Waals surface area contributed by atoms with E-state index in [-0.39, 0.29) is 11.8 Å². The van der Waals surface area contributed by atoms with Crippen LogP contribution in [0.1, 0.15) is 34.2 Å². The van der Waals surface area contributed by atoms with E-state index in [4.69, 9.17) is 9.57 Å². The molecule has 4 rings (SSSR count). The Bertz CT molecular complexity index is 1230. The molecule has 2 atom stereocenters. The van der Waals surface area contributed by atoms with Gasteiger partial charge >= 0.3 is 0 Å². The minimum atomic E-state index is -0.418. The molecule has 2 heterocycles. The second kappa shape index (κ2) is 11.3. The maximum Gasteiger partial charge on any atom is 0.251 e.